The van der Waals surface area contributed by atoms with Gasteiger partial charge in [-0.1, -0.05) is 6.07 Å². The van der Waals surface area contributed by atoms with Gasteiger partial charge in [-0.15, -0.1) is 0 Å². The fourth-order valence-electron chi connectivity index (χ4n) is 1.46. The number of anilines is 2. The third kappa shape index (κ3) is 2.94. The summed E-state index contributed by atoms with van der Waals surface area (Å²) < 4.78 is 18.4. The van der Waals surface area contributed by atoms with Crippen LogP contribution >= 0.6 is 0 Å². The van der Waals surface area contributed by atoms with E-state index < -0.39 is 0 Å². The van der Waals surface area contributed by atoms with Gasteiger partial charge in [-0.05, 0) is 32.0 Å². The summed E-state index contributed by atoms with van der Waals surface area (Å²) in [5.41, 5.74) is 1.46. The molecule has 1 aromatic carbocycles. The monoisotopic (exact) mass is 247 g/mol. The Kier molecular flexibility index (Phi) is 3.72. The Balaban J connectivity index is 2.21. The minimum atomic E-state index is -0.308. The molecule has 0 atom stereocenters. The summed E-state index contributed by atoms with van der Waals surface area (Å²) in [5.74, 6) is 0.609. The molecule has 0 radical (unpaired) electrons. The van der Waals surface area contributed by atoms with Gasteiger partial charge in [0.25, 0.3) is 0 Å². The van der Waals surface area contributed by atoms with Gasteiger partial charge >= 0.3 is 0 Å². The van der Waals surface area contributed by atoms with E-state index in [0.29, 0.717) is 24.1 Å². The fraction of sp³-hybridized carbons (Fsp3) is 0.231. The summed E-state index contributed by atoms with van der Waals surface area (Å²) in [7, 11) is 0. The van der Waals surface area contributed by atoms with Crippen molar-refractivity contribution in [1.29, 1.82) is 0 Å². The molecule has 5 heteroatoms. The molecule has 1 N–H and O–H groups in total. The zero-order chi connectivity index (χ0) is 13.0. The maximum atomic E-state index is 13.0. The Morgan fingerprint density at radius 2 is 2.22 bits per heavy atom. The molecule has 0 aliphatic carbocycles. The Labute approximate surface area is 105 Å². The first-order valence-electron chi connectivity index (χ1n) is 5.68. The number of nitrogens with one attached hydrogen (secondary N) is 1. The van der Waals surface area contributed by atoms with E-state index in [4.69, 9.17) is 4.74 Å². The molecule has 2 rings (SSSR count). The van der Waals surface area contributed by atoms with E-state index in [1.807, 2.05) is 13.8 Å². The van der Waals surface area contributed by atoms with Crippen LogP contribution in [-0.2, 0) is 0 Å². The van der Waals surface area contributed by atoms with Crippen LogP contribution < -0.4 is 10.1 Å². The average Bonchev–Trinajstić information content (AvgIpc) is 2.34. The third-order valence-electron chi connectivity index (χ3n) is 2.29. The van der Waals surface area contributed by atoms with Crippen molar-refractivity contribution in [3.8, 4) is 5.88 Å². The maximum Gasteiger partial charge on any atom is 0.230 e. The lowest BCUT2D eigenvalue weighted by molar-refractivity contribution is 0.324. The second kappa shape index (κ2) is 5.44. The van der Waals surface area contributed by atoms with E-state index in [2.05, 4.69) is 15.3 Å². The molecule has 0 aliphatic heterocycles. The van der Waals surface area contributed by atoms with Crippen LogP contribution in [0.1, 0.15) is 12.5 Å². The topological polar surface area (TPSA) is 47.0 Å². The van der Waals surface area contributed by atoms with E-state index in [0.717, 1.165) is 5.56 Å². The molecule has 94 valence electrons. The number of hydrogen-bond acceptors (Lipinski definition) is 4. The van der Waals surface area contributed by atoms with Gasteiger partial charge in [-0.25, -0.2) is 9.37 Å². The van der Waals surface area contributed by atoms with Gasteiger partial charge in [-0.3, -0.25) is 0 Å². The Morgan fingerprint density at radius 1 is 1.39 bits per heavy atom. The molecule has 2 aromatic rings. The van der Waals surface area contributed by atoms with Gasteiger partial charge in [0, 0.05) is 17.4 Å². The van der Waals surface area contributed by atoms with Crippen LogP contribution in [0.3, 0.4) is 0 Å². The quantitative estimate of drug-likeness (QED) is 0.902. The Bertz CT molecular complexity index is 546. The first-order valence-corrected chi connectivity index (χ1v) is 5.68. The molecule has 4 nitrogen and oxygen atoms in total. The molecule has 0 fully saturated rings. The summed E-state index contributed by atoms with van der Waals surface area (Å²) in [5, 5.41) is 2.93. The molecular formula is C13H14FN3O. The predicted octanol–water partition coefficient (Wildman–Crippen LogP) is 3.07. The lowest BCUT2D eigenvalue weighted by atomic mass is 10.3. The smallest absolute Gasteiger partial charge is 0.230 e. The van der Waals surface area contributed by atoms with Crippen molar-refractivity contribution in [2.45, 2.75) is 13.8 Å². The Hall–Kier alpha value is -2.17. The molecule has 0 spiro atoms. The summed E-state index contributed by atoms with van der Waals surface area (Å²) >= 11 is 0. The standard InChI is InChI=1S/C13H14FN3O/c1-3-18-12-9(2)8-15-13(17-12)16-11-6-4-5-10(14)7-11/h4-8H,3H2,1-2H3,(H,15,16,17). The van der Waals surface area contributed by atoms with E-state index in [-0.39, 0.29) is 5.82 Å². The third-order valence-corrected chi connectivity index (χ3v) is 2.29. The van der Waals surface area contributed by atoms with E-state index >= 15 is 0 Å². The number of ether oxygens (including phenoxy) is 1. The number of aromatic nitrogens is 2. The van der Waals surface area contributed by atoms with Crippen molar-refractivity contribution < 1.29 is 9.13 Å². The maximum absolute atomic E-state index is 13.0. The number of halogens is 1. The molecule has 0 saturated carbocycles. The van der Waals surface area contributed by atoms with E-state index in [9.17, 15) is 4.39 Å². The number of hydrogen-bond donors (Lipinski definition) is 1. The molecule has 1 aromatic heterocycles. The van der Waals surface area contributed by atoms with Gasteiger partial charge in [0.05, 0.1) is 6.61 Å². The summed E-state index contributed by atoms with van der Waals surface area (Å²) in [6.07, 6.45) is 1.67. The zero-order valence-corrected chi connectivity index (χ0v) is 10.3. The summed E-state index contributed by atoms with van der Waals surface area (Å²) in [6.45, 7) is 4.30. The van der Waals surface area contributed by atoms with Crippen molar-refractivity contribution in [2.75, 3.05) is 11.9 Å². The molecule has 0 saturated heterocycles. The van der Waals surface area contributed by atoms with Crippen LogP contribution in [0.25, 0.3) is 0 Å². The Morgan fingerprint density at radius 3 is 2.94 bits per heavy atom. The number of benzene rings is 1. The lowest BCUT2D eigenvalue weighted by Gasteiger charge is -2.09. The van der Waals surface area contributed by atoms with Gasteiger partial charge in [-0.2, -0.15) is 4.98 Å². The second-order valence-corrected chi connectivity index (χ2v) is 3.75. The number of nitrogens with zero attached hydrogens (tertiary/aromatic N) is 2. The molecule has 0 unspecified atom stereocenters. The normalized spacial score (nSPS) is 10.2. The van der Waals surface area contributed by atoms with E-state index in [1.54, 1.807) is 18.3 Å². The molecule has 0 aliphatic rings. The van der Waals surface area contributed by atoms with Crippen molar-refractivity contribution >= 4 is 11.6 Å². The van der Waals surface area contributed by atoms with Crippen LogP contribution in [0.15, 0.2) is 30.5 Å². The van der Waals surface area contributed by atoms with Crippen molar-refractivity contribution in [2.24, 2.45) is 0 Å². The first kappa shape index (κ1) is 12.3. The largest absolute Gasteiger partial charge is 0.478 e. The molecular weight excluding hydrogens is 233 g/mol. The summed E-state index contributed by atoms with van der Waals surface area (Å²) in [4.78, 5) is 8.34. The van der Waals surface area contributed by atoms with Gasteiger partial charge < -0.3 is 10.1 Å². The predicted molar refractivity (Wildman–Crippen MR) is 67.6 cm³/mol. The number of aryl methyl sites for hydroxylation is 1. The highest BCUT2D eigenvalue weighted by Crippen LogP contribution is 2.18. The van der Waals surface area contributed by atoms with Crippen molar-refractivity contribution in [3.05, 3.63) is 41.8 Å². The van der Waals surface area contributed by atoms with Gasteiger partial charge in [0.1, 0.15) is 5.82 Å². The van der Waals surface area contributed by atoms with Gasteiger partial charge in [0.15, 0.2) is 0 Å². The molecule has 18 heavy (non-hydrogen) atoms. The average molecular weight is 247 g/mol. The minimum absolute atomic E-state index is 0.308. The highest BCUT2D eigenvalue weighted by atomic mass is 19.1. The van der Waals surface area contributed by atoms with Crippen LogP contribution in [-0.4, -0.2) is 16.6 Å². The summed E-state index contributed by atoms with van der Waals surface area (Å²) in [6, 6.07) is 6.12. The molecule has 0 bridgehead atoms. The molecule has 1 heterocycles. The van der Waals surface area contributed by atoms with Crippen LogP contribution in [0.2, 0.25) is 0 Å². The highest BCUT2D eigenvalue weighted by Gasteiger charge is 2.05. The van der Waals surface area contributed by atoms with Crippen LogP contribution in [0.5, 0.6) is 5.88 Å². The van der Waals surface area contributed by atoms with Crippen molar-refractivity contribution in [3.63, 3.8) is 0 Å². The first-order chi connectivity index (χ1) is 8.69. The second-order valence-electron chi connectivity index (χ2n) is 3.75. The SMILES string of the molecule is CCOc1nc(Nc2cccc(F)c2)ncc1C. The number of rotatable bonds is 4. The minimum Gasteiger partial charge on any atom is -0.478 e. The van der Waals surface area contributed by atoms with Crippen molar-refractivity contribution in [1.82, 2.24) is 9.97 Å². The zero-order valence-electron chi connectivity index (χ0n) is 10.3. The van der Waals surface area contributed by atoms with Gasteiger partial charge in [0.2, 0.25) is 11.8 Å². The lowest BCUT2D eigenvalue weighted by Crippen LogP contribution is -2.02. The molecule has 0 amide bonds. The van der Waals surface area contributed by atoms with E-state index in [1.165, 1.54) is 12.1 Å². The van der Waals surface area contributed by atoms with Crippen LogP contribution in [0, 0.1) is 12.7 Å². The van der Waals surface area contributed by atoms with Crippen LogP contribution in [0.4, 0.5) is 16.0 Å². The highest BCUT2D eigenvalue weighted by molar-refractivity contribution is 5.53. The fourth-order valence-corrected chi connectivity index (χ4v) is 1.46.